The van der Waals surface area contributed by atoms with E-state index in [4.69, 9.17) is 4.98 Å². The first kappa shape index (κ1) is 16.2. The van der Waals surface area contributed by atoms with E-state index in [2.05, 4.69) is 9.55 Å². The summed E-state index contributed by atoms with van der Waals surface area (Å²) in [5.41, 5.74) is 2.75. The molecule has 2 aromatic heterocycles. The van der Waals surface area contributed by atoms with Crippen molar-refractivity contribution in [2.45, 2.75) is 18.9 Å². The largest absolute Gasteiger partial charge is 0.338 e. The molecule has 4 heterocycles. The van der Waals surface area contributed by atoms with E-state index in [1.807, 2.05) is 23.2 Å². The van der Waals surface area contributed by atoms with Gasteiger partial charge in [0.2, 0.25) is 0 Å². The van der Waals surface area contributed by atoms with E-state index >= 15 is 0 Å². The van der Waals surface area contributed by atoms with Crippen molar-refractivity contribution in [3.05, 3.63) is 72.2 Å². The maximum absolute atomic E-state index is 13.1. The number of aromatic nitrogens is 3. The molecule has 5 rings (SSSR count). The zero-order valence-electron chi connectivity index (χ0n) is 14.8. The van der Waals surface area contributed by atoms with Gasteiger partial charge in [0.05, 0.1) is 11.9 Å². The van der Waals surface area contributed by atoms with Crippen molar-refractivity contribution in [3.8, 4) is 11.3 Å². The van der Waals surface area contributed by atoms with Gasteiger partial charge in [0.15, 0.2) is 0 Å². The molecule has 0 aliphatic carbocycles. The maximum Gasteiger partial charge on any atom is 0.253 e. The molecule has 0 N–H and O–H groups in total. The van der Waals surface area contributed by atoms with E-state index in [9.17, 15) is 9.18 Å². The summed E-state index contributed by atoms with van der Waals surface area (Å²) in [6, 6.07) is 9.78. The first-order chi connectivity index (χ1) is 13.2. The number of pyridine rings is 1. The average molecular weight is 362 g/mol. The summed E-state index contributed by atoms with van der Waals surface area (Å²) in [5.74, 6) is 1.38. The van der Waals surface area contributed by atoms with Crippen LogP contribution in [0.3, 0.4) is 0 Å². The van der Waals surface area contributed by atoms with Crippen LogP contribution in [0.15, 0.2) is 55.0 Å². The lowest BCUT2D eigenvalue weighted by Gasteiger charge is -2.26. The van der Waals surface area contributed by atoms with E-state index < -0.39 is 0 Å². The Labute approximate surface area is 156 Å². The minimum atomic E-state index is -0.327. The zero-order valence-corrected chi connectivity index (χ0v) is 14.8. The highest BCUT2D eigenvalue weighted by Gasteiger charge is 2.41. The molecule has 1 fully saturated rings. The van der Waals surface area contributed by atoms with Crippen LogP contribution < -0.4 is 0 Å². The summed E-state index contributed by atoms with van der Waals surface area (Å²) in [4.78, 5) is 23.5. The molecule has 0 bridgehead atoms. The van der Waals surface area contributed by atoms with Crippen molar-refractivity contribution in [2.24, 2.45) is 5.92 Å². The summed E-state index contributed by atoms with van der Waals surface area (Å²) in [6.07, 6.45) is 6.54. The Morgan fingerprint density at radius 2 is 1.85 bits per heavy atom. The van der Waals surface area contributed by atoms with Gasteiger partial charge < -0.3 is 9.47 Å². The molecule has 1 saturated heterocycles. The van der Waals surface area contributed by atoms with E-state index in [0.29, 0.717) is 18.0 Å². The molecule has 0 unspecified atom stereocenters. The van der Waals surface area contributed by atoms with E-state index in [0.717, 1.165) is 36.6 Å². The second-order valence-corrected chi connectivity index (χ2v) is 7.26. The van der Waals surface area contributed by atoms with Crippen LogP contribution in [0.4, 0.5) is 4.39 Å². The van der Waals surface area contributed by atoms with Gasteiger partial charge in [-0.3, -0.25) is 9.78 Å². The number of carbonyl (C=O) groups is 1. The number of benzene rings is 1. The third-order valence-corrected chi connectivity index (χ3v) is 5.74. The first-order valence-corrected chi connectivity index (χ1v) is 9.21. The molecule has 0 radical (unpaired) electrons. The summed E-state index contributed by atoms with van der Waals surface area (Å²) >= 11 is 0. The van der Waals surface area contributed by atoms with Gasteiger partial charge in [0.1, 0.15) is 11.6 Å². The number of rotatable bonds is 2. The number of likely N-dealkylation sites (tertiary alicyclic amines) is 1. The molecule has 27 heavy (non-hydrogen) atoms. The van der Waals surface area contributed by atoms with Crippen molar-refractivity contribution in [1.29, 1.82) is 0 Å². The summed E-state index contributed by atoms with van der Waals surface area (Å²) < 4.78 is 15.4. The van der Waals surface area contributed by atoms with Crippen LogP contribution in [0.5, 0.6) is 0 Å². The maximum atomic E-state index is 13.1. The molecule has 136 valence electrons. The van der Waals surface area contributed by atoms with Crippen molar-refractivity contribution in [1.82, 2.24) is 19.4 Å². The number of halogens is 1. The van der Waals surface area contributed by atoms with Gasteiger partial charge in [-0.15, -0.1) is 0 Å². The molecule has 2 aliphatic heterocycles. The van der Waals surface area contributed by atoms with Crippen LogP contribution in [-0.2, 0) is 6.54 Å². The third kappa shape index (κ3) is 2.72. The molecular weight excluding hydrogens is 343 g/mol. The SMILES string of the molecule is O=C(c1ccc(F)cc1)N1C[C@H]2CCn3c(-c4ccncc4)cnc3[C@H]2C1. The number of amides is 1. The lowest BCUT2D eigenvalue weighted by Crippen LogP contribution is -2.28. The van der Waals surface area contributed by atoms with Crippen LogP contribution in [-0.4, -0.2) is 38.4 Å². The molecule has 5 nitrogen and oxygen atoms in total. The molecule has 3 aromatic rings. The van der Waals surface area contributed by atoms with Gasteiger partial charge in [0.25, 0.3) is 5.91 Å². The van der Waals surface area contributed by atoms with Crippen LogP contribution in [0.25, 0.3) is 11.3 Å². The molecule has 2 atom stereocenters. The Morgan fingerprint density at radius 1 is 1.07 bits per heavy atom. The fourth-order valence-electron chi connectivity index (χ4n) is 4.37. The Hall–Kier alpha value is -3.02. The smallest absolute Gasteiger partial charge is 0.253 e. The fraction of sp³-hybridized carbons (Fsp3) is 0.286. The van der Waals surface area contributed by atoms with E-state index in [-0.39, 0.29) is 17.6 Å². The van der Waals surface area contributed by atoms with Gasteiger partial charge in [0, 0.05) is 49.1 Å². The van der Waals surface area contributed by atoms with Crippen LogP contribution in [0.1, 0.15) is 28.5 Å². The molecule has 0 saturated carbocycles. The Balaban J connectivity index is 1.41. The summed E-state index contributed by atoms with van der Waals surface area (Å²) in [5, 5.41) is 0. The number of carbonyl (C=O) groups excluding carboxylic acids is 1. The molecular formula is C21H19FN4O. The Kier molecular flexibility index (Phi) is 3.77. The van der Waals surface area contributed by atoms with Crippen LogP contribution in [0.2, 0.25) is 0 Å². The highest BCUT2D eigenvalue weighted by atomic mass is 19.1. The normalized spacial score (nSPS) is 21.0. The monoisotopic (exact) mass is 362 g/mol. The summed E-state index contributed by atoms with van der Waals surface area (Å²) in [7, 11) is 0. The number of hydrogen-bond donors (Lipinski definition) is 0. The number of nitrogens with zero attached hydrogens (tertiary/aromatic N) is 4. The predicted octanol–water partition coefficient (Wildman–Crippen LogP) is 3.34. The molecule has 0 spiro atoms. The van der Waals surface area contributed by atoms with E-state index in [1.54, 1.807) is 24.5 Å². The van der Waals surface area contributed by atoms with Gasteiger partial charge in [-0.25, -0.2) is 9.37 Å². The highest BCUT2D eigenvalue weighted by Crippen LogP contribution is 2.40. The Bertz CT molecular complexity index is 983. The number of hydrogen-bond acceptors (Lipinski definition) is 3. The molecule has 2 aliphatic rings. The number of fused-ring (bicyclic) bond motifs is 3. The second-order valence-electron chi connectivity index (χ2n) is 7.26. The van der Waals surface area contributed by atoms with Gasteiger partial charge in [-0.2, -0.15) is 0 Å². The highest BCUT2D eigenvalue weighted by molar-refractivity contribution is 5.94. The van der Waals surface area contributed by atoms with Gasteiger partial charge in [-0.1, -0.05) is 0 Å². The molecule has 1 aromatic carbocycles. The standard InChI is InChI=1S/C21H19FN4O/c22-17-3-1-15(2-4-17)21(27)25-12-16-7-10-26-19(14-5-8-23-9-6-14)11-24-20(26)18(16)13-25/h1-6,8-9,11,16,18H,7,10,12-13H2/t16-,18+/m1/s1. The minimum Gasteiger partial charge on any atom is -0.338 e. The molecule has 1 amide bonds. The second kappa shape index (κ2) is 6.30. The quantitative estimate of drug-likeness (QED) is 0.703. The van der Waals surface area contributed by atoms with Gasteiger partial charge in [-0.05, 0) is 48.7 Å². The van der Waals surface area contributed by atoms with Crippen LogP contribution in [0, 0.1) is 11.7 Å². The third-order valence-electron chi connectivity index (χ3n) is 5.74. The van der Waals surface area contributed by atoms with Crippen molar-refractivity contribution in [2.75, 3.05) is 13.1 Å². The zero-order chi connectivity index (χ0) is 18.4. The molecule has 6 heteroatoms. The fourth-order valence-corrected chi connectivity index (χ4v) is 4.37. The lowest BCUT2D eigenvalue weighted by molar-refractivity contribution is 0.0785. The van der Waals surface area contributed by atoms with Crippen molar-refractivity contribution in [3.63, 3.8) is 0 Å². The van der Waals surface area contributed by atoms with E-state index in [1.165, 1.54) is 12.1 Å². The topological polar surface area (TPSA) is 51.0 Å². The Morgan fingerprint density at radius 3 is 2.63 bits per heavy atom. The first-order valence-electron chi connectivity index (χ1n) is 9.21. The average Bonchev–Trinajstić information content (AvgIpc) is 3.32. The van der Waals surface area contributed by atoms with Crippen molar-refractivity contribution >= 4 is 5.91 Å². The minimum absolute atomic E-state index is 0.0307. The lowest BCUT2D eigenvalue weighted by atomic mass is 9.89. The van der Waals surface area contributed by atoms with Crippen LogP contribution >= 0.6 is 0 Å². The predicted molar refractivity (Wildman–Crippen MR) is 98.6 cm³/mol. The van der Waals surface area contributed by atoms with Gasteiger partial charge >= 0.3 is 0 Å². The number of imidazole rings is 1. The summed E-state index contributed by atoms with van der Waals surface area (Å²) in [6.45, 7) is 2.30. The van der Waals surface area contributed by atoms with Crippen molar-refractivity contribution < 1.29 is 9.18 Å².